The molecule has 32 heavy (non-hydrogen) atoms. The third kappa shape index (κ3) is 3.82. The van der Waals surface area contributed by atoms with Crippen LogP contribution in [0.3, 0.4) is 0 Å². The van der Waals surface area contributed by atoms with Crippen LogP contribution < -0.4 is 14.2 Å². The van der Waals surface area contributed by atoms with Crippen LogP contribution >= 0.6 is 0 Å². The van der Waals surface area contributed by atoms with Gasteiger partial charge in [0.2, 0.25) is 6.79 Å². The first kappa shape index (κ1) is 20.2. The van der Waals surface area contributed by atoms with E-state index < -0.39 is 0 Å². The lowest BCUT2D eigenvalue weighted by Gasteiger charge is -2.31. The summed E-state index contributed by atoms with van der Waals surface area (Å²) in [5.41, 5.74) is 1.44. The quantitative estimate of drug-likeness (QED) is 0.555. The first-order chi connectivity index (χ1) is 15.6. The van der Waals surface area contributed by atoms with Gasteiger partial charge in [-0.15, -0.1) is 0 Å². The van der Waals surface area contributed by atoms with Crippen LogP contribution in [0.4, 0.5) is 0 Å². The molecule has 1 saturated heterocycles. The van der Waals surface area contributed by atoms with Gasteiger partial charge in [-0.3, -0.25) is 9.59 Å². The van der Waals surface area contributed by atoms with Gasteiger partial charge >= 0.3 is 0 Å². The number of piperidine rings is 1. The van der Waals surface area contributed by atoms with Crippen LogP contribution in [-0.4, -0.2) is 43.6 Å². The standard InChI is InChI=1S/C25H23NO6/c1-29-19-7-4-16(5-8-19)20-10-11-22(32-20)25(28)26-12-2-3-18(14-26)24(27)17-6-9-21-23(13-17)31-15-30-21/h4-11,13,18H,2-3,12,14-15H2,1H3/t18-/m1/s1. The van der Waals surface area contributed by atoms with E-state index in [1.54, 1.807) is 42.3 Å². The lowest BCUT2D eigenvalue weighted by atomic mass is 9.89. The molecule has 0 radical (unpaired) electrons. The Hall–Kier alpha value is -3.74. The average Bonchev–Trinajstić information content (AvgIpc) is 3.53. The van der Waals surface area contributed by atoms with Gasteiger partial charge in [0.05, 0.1) is 7.11 Å². The molecule has 3 aromatic rings. The molecule has 0 aliphatic carbocycles. The van der Waals surface area contributed by atoms with Crippen molar-refractivity contribution >= 4 is 11.7 Å². The SMILES string of the molecule is COc1ccc(-c2ccc(C(=O)N3CCC[C@@H](C(=O)c4ccc5c(c4)OCO5)C3)o2)cc1. The van der Waals surface area contributed by atoms with Crippen LogP contribution in [0.15, 0.2) is 59.0 Å². The van der Waals surface area contributed by atoms with Gasteiger partial charge in [0.25, 0.3) is 5.91 Å². The molecular formula is C25H23NO6. The summed E-state index contributed by atoms with van der Waals surface area (Å²) >= 11 is 0. The van der Waals surface area contributed by atoms with Gasteiger partial charge in [-0.25, -0.2) is 0 Å². The highest BCUT2D eigenvalue weighted by Crippen LogP contribution is 2.34. The number of nitrogens with zero attached hydrogens (tertiary/aromatic N) is 1. The molecule has 1 amide bonds. The highest BCUT2D eigenvalue weighted by molar-refractivity contribution is 5.99. The van der Waals surface area contributed by atoms with Gasteiger partial charge < -0.3 is 23.5 Å². The Morgan fingerprint density at radius 2 is 1.81 bits per heavy atom. The van der Waals surface area contributed by atoms with Crippen LogP contribution in [0.5, 0.6) is 17.2 Å². The third-order valence-corrected chi connectivity index (χ3v) is 5.93. The monoisotopic (exact) mass is 433 g/mol. The van der Waals surface area contributed by atoms with Crippen molar-refractivity contribution in [2.24, 2.45) is 5.92 Å². The number of carbonyl (C=O) groups excluding carboxylic acids is 2. The molecule has 1 atom stereocenters. The Kier molecular flexibility index (Phi) is 5.31. The van der Waals surface area contributed by atoms with E-state index in [9.17, 15) is 9.59 Å². The summed E-state index contributed by atoms with van der Waals surface area (Å²) in [4.78, 5) is 27.8. The van der Waals surface area contributed by atoms with Gasteiger partial charge in [-0.1, -0.05) is 0 Å². The first-order valence-electron chi connectivity index (χ1n) is 10.6. The zero-order valence-corrected chi connectivity index (χ0v) is 17.7. The summed E-state index contributed by atoms with van der Waals surface area (Å²) in [7, 11) is 1.61. The Balaban J connectivity index is 1.28. The summed E-state index contributed by atoms with van der Waals surface area (Å²) in [6, 6.07) is 16.2. The van der Waals surface area contributed by atoms with Crippen LogP contribution in [0.2, 0.25) is 0 Å². The van der Waals surface area contributed by atoms with Crippen molar-refractivity contribution in [3.63, 3.8) is 0 Å². The van der Waals surface area contributed by atoms with Crippen molar-refractivity contribution in [2.45, 2.75) is 12.8 Å². The molecule has 3 heterocycles. The predicted molar refractivity (Wildman–Crippen MR) is 116 cm³/mol. The average molecular weight is 433 g/mol. The van der Waals surface area contributed by atoms with E-state index >= 15 is 0 Å². The molecule has 164 valence electrons. The second-order valence-corrected chi connectivity index (χ2v) is 7.92. The maximum Gasteiger partial charge on any atom is 0.289 e. The second kappa shape index (κ2) is 8.42. The van der Waals surface area contributed by atoms with Crippen molar-refractivity contribution in [3.8, 4) is 28.6 Å². The van der Waals surface area contributed by atoms with Gasteiger partial charge in [-0.2, -0.15) is 0 Å². The maximum absolute atomic E-state index is 13.1. The van der Waals surface area contributed by atoms with E-state index in [0.717, 1.165) is 24.2 Å². The third-order valence-electron chi connectivity index (χ3n) is 5.93. The number of ether oxygens (including phenoxy) is 3. The summed E-state index contributed by atoms with van der Waals surface area (Å²) in [5.74, 6) is 2.42. The normalized spacial score (nSPS) is 17.3. The summed E-state index contributed by atoms with van der Waals surface area (Å²) in [6.45, 7) is 1.13. The number of ketones is 1. The number of methoxy groups -OCH3 is 1. The van der Waals surface area contributed by atoms with Gasteiger partial charge in [-0.05, 0) is 67.4 Å². The maximum atomic E-state index is 13.1. The lowest BCUT2D eigenvalue weighted by Crippen LogP contribution is -2.42. The Labute approximate surface area is 185 Å². The second-order valence-electron chi connectivity index (χ2n) is 7.92. The summed E-state index contributed by atoms with van der Waals surface area (Å²) < 4.78 is 21.7. The molecule has 5 rings (SSSR count). The van der Waals surface area contributed by atoms with Gasteiger partial charge in [0.1, 0.15) is 11.5 Å². The fraction of sp³-hybridized carbons (Fsp3) is 0.280. The molecule has 0 spiro atoms. The number of likely N-dealkylation sites (tertiary alicyclic amines) is 1. The molecule has 7 nitrogen and oxygen atoms in total. The van der Waals surface area contributed by atoms with Crippen molar-refractivity contribution < 1.29 is 28.2 Å². The molecule has 1 aromatic heterocycles. The number of fused-ring (bicyclic) bond motifs is 1. The molecule has 0 unspecified atom stereocenters. The van der Waals surface area contributed by atoms with Crippen LogP contribution in [-0.2, 0) is 0 Å². The number of Topliss-reactive ketones (excluding diaryl/α,β-unsaturated/α-hetero) is 1. The zero-order valence-electron chi connectivity index (χ0n) is 17.7. The van der Waals surface area contributed by atoms with E-state index in [2.05, 4.69) is 0 Å². The van der Waals surface area contributed by atoms with Gasteiger partial charge in [0, 0.05) is 30.1 Å². The Bertz CT molecular complexity index is 1150. The number of carbonyl (C=O) groups is 2. The Morgan fingerprint density at radius 3 is 2.62 bits per heavy atom. The molecule has 2 aliphatic rings. The number of furan rings is 1. The minimum atomic E-state index is -0.260. The highest BCUT2D eigenvalue weighted by Gasteiger charge is 2.31. The largest absolute Gasteiger partial charge is 0.497 e. The van der Waals surface area contributed by atoms with E-state index in [4.69, 9.17) is 18.6 Å². The zero-order chi connectivity index (χ0) is 22.1. The molecule has 0 bridgehead atoms. The number of amides is 1. The molecule has 1 fully saturated rings. The van der Waals surface area contributed by atoms with Crippen LogP contribution in [0.1, 0.15) is 33.8 Å². The molecule has 0 N–H and O–H groups in total. The fourth-order valence-electron chi connectivity index (χ4n) is 4.18. The smallest absolute Gasteiger partial charge is 0.289 e. The van der Waals surface area contributed by atoms with E-state index in [1.165, 1.54) is 0 Å². The molecule has 2 aliphatic heterocycles. The summed E-state index contributed by atoms with van der Waals surface area (Å²) in [6.07, 6.45) is 1.51. The molecule has 7 heteroatoms. The molecular weight excluding hydrogens is 410 g/mol. The van der Waals surface area contributed by atoms with Gasteiger partial charge in [0.15, 0.2) is 23.0 Å². The molecule has 0 saturated carbocycles. The first-order valence-corrected chi connectivity index (χ1v) is 10.6. The van der Waals surface area contributed by atoms with Crippen molar-refractivity contribution in [2.75, 3.05) is 27.0 Å². The lowest BCUT2D eigenvalue weighted by molar-refractivity contribution is 0.0611. The predicted octanol–water partition coefficient (Wildman–Crippen LogP) is 4.42. The fourth-order valence-corrected chi connectivity index (χ4v) is 4.18. The van der Waals surface area contributed by atoms with E-state index in [0.29, 0.717) is 35.9 Å². The van der Waals surface area contributed by atoms with Crippen molar-refractivity contribution in [1.29, 1.82) is 0 Å². The number of hydrogen-bond acceptors (Lipinski definition) is 6. The van der Waals surface area contributed by atoms with E-state index in [1.807, 2.05) is 24.3 Å². The number of hydrogen-bond donors (Lipinski definition) is 0. The van der Waals surface area contributed by atoms with Crippen molar-refractivity contribution in [1.82, 2.24) is 4.90 Å². The Morgan fingerprint density at radius 1 is 1.00 bits per heavy atom. The van der Waals surface area contributed by atoms with E-state index in [-0.39, 0.29) is 30.2 Å². The topological polar surface area (TPSA) is 78.2 Å². The summed E-state index contributed by atoms with van der Waals surface area (Å²) in [5, 5.41) is 0. The van der Waals surface area contributed by atoms with Crippen LogP contribution in [0, 0.1) is 5.92 Å². The molecule has 2 aromatic carbocycles. The highest BCUT2D eigenvalue weighted by atomic mass is 16.7. The van der Waals surface area contributed by atoms with Crippen molar-refractivity contribution in [3.05, 3.63) is 65.9 Å². The number of benzene rings is 2. The minimum absolute atomic E-state index is 0.0131. The number of rotatable bonds is 5. The minimum Gasteiger partial charge on any atom is -0.497 e. The van der Waals surface area contributed by atoms with Crippen LogP contribution in [0.25, 0.3) is 11.3 Å².